The van der Waals surface area contributed by atoms with E-state index in [9.17, 15) is 9.59 Å². The standard InChI is InChI=1S/C20H21IO5/c1-14(22)25-19(15-6-10-17(24-2)11-7-15)4-3-5-20(23)26-18-12-8-16(21)9-13-18/h6-13,19H,3-5H2,1-2H3. The summed E-state index contributed by atoms with van der Waals surface area (Å²) in [6.45, 7) is 1.38. The zero-order valence-corrected chi connectivity index (χ0v) is 16.9. The molecule has 1 atom stereocenters. The van der Waals surface area contributed by atoms with E-state index in [4.69, 9.17) is 14.2 Å². The van der Waals surface area contributed by atoms with E-state index in [2.05, 4.69) is 22.6 Å². The van der Waals surface area contributed by atoms with Crippen LogP contribution in [0.5, 0.6) is 11.5 Å². The monoisotopic (exact) mass is 468 g/mol. The Bertz CT molecular complexity index is 725. The summed E-state index contributed by atoms with van der Waals surface area (Å²) in [5.41, 5.74) is 0.868. The highest BCUT2D eigenvalue weighted by Crippen LogP contribution is 2.26. The first-order chi connectivity index (χ1) is 12.5. The van der Waals surface area contributed by atoms with Gasteiger partial charge in [0.05, 0.1) is 7.11 Å². The third-order valence-corrected chi connectivity index (χ3v) is 4.41. The van der Waals surface area contributed by atoms with Gasteiger partial charge in [0.15, 0.2) is 0 Å². The molecule has 0 aliphatic carbocycles. The molecule has 2 rings (SSSR count). The molecule has 5 nitrogen and oxygen atoms in total. The molecule has 26 heavy (non-hydrogen) atoms. The third-order valence-electron chi connectivity index (χ3n) is 3.69. The maximum absolute atomic E-state index is 12.0. The molecule has 0 radical (unpaired) electrons. The Morgan fingerprint density at radius 2 is 1.62 bits per heavy atom. The summed E-state index contributed by atoms with van der Waals surface area (Å²) in [6, 6.07) is 14.6. The van der Waals surface area contributed by atoms with Crippen LogP contribution in [0, 0.1) is 3.57 Å². The van der Waals surface area contributed by atoms with Crippen LogP contribution in [0.2, 0.25) is 0 Å². The summed E-state index contributed by atoms with van der Waals surface area (Å²) >= 11 is 2.19. The lowest BCUT2D eigenvalue weighted by atomic mass is 10.0. The van der Waals surface area contributed by atoms with Crippen LogP contribution < -0.4 is 9.47 Å². The fourth-order valence-electron chi connectivity index (χ4n) is 2.43. The Morgan fingerprint density at radius 1 is 1.00 bits per heavy atom. The van der Waals surface area contributed by atoms with Crippen molar-refractivity contribution in [2.24, 2.45) is 0 Å². The van der Waals surface area contributed by atoms with Crippen LogP contribution in [0.15, 0.2) is 48.5 Å². The SMILES string of the molecule is COc1ccc(C(CCCC(=O)Oc2ccc(I)cc2)OC(C)=O)cc1. The maximum atomic E-state index is 12.0. The number of hydrogen-bond donors (Lipinski definition) is 0. The molecule has 0 aliphatic heterocycles. The van der Waals surface area contributed by atoms with Gasteiger partial charge in [-0.15, -0.1) is 0 Å². The number of hydrogen-bond acceptors (Lipinski definition) is 5. The minimum absolute atomic E-state index is 0.250. The summed E-state index contributed by atoms with van der Waals surface area (Å²) in [6.07, 6.45) is 0.936. The van der Waals surface area contributed by atoms with Gasteiger partial charge >= 0.3 is 11.9 Å². The lowest BCUT2D eigenvalue weighted by molar-refractivity contribution is -0.147. The highest BCUT2D eigenvalue weighted by atomic mass is 127. The fraction of sp³-hybridized carbons (Fsp3) is 0.300. The van der Waals surface area contributed by atoms with E-state index in [0.29, 0.717) is 18.6 Å². The molecular formula is C20H21IO5. The van der Waals surface area contributed by atoms with E-state index in [1.165, 1.54) is 6.92 Å². The van der Waals surface area contributed by atoms with Crippen LogP contribution in [0.1, 0.15) is 37.9 Å². The number of methoxy groups -OCH3 is 1. The van der Waals surface area contributed by atoms with Crippen LogP contribution in [-0.4, -0.2) is 19.0 Å². The van der Waals surface area contributed by atoms with Crippen molar-refractivity contribution < 1.29 is 23.8 Å². The van der Waals surface area contributed by atoms with E-state index < -0.39 is 6.10 Å². The summed E-state index contributed by atoms with van der Waals surface area (Å²) < 4.78 is 16.9. The molecule has 0 aromatic heterocycles. The van der Waals surface area contributed by atoms with Gasteiger partial charge in [0.25, 0.3) is 0 Å². The summed E-state index contributed by atoms with van der Waals surface area (Å²) in [7, 11) is 1.60. The predicted octanol–water partition coefficient (Wildman–Crippen LogP) is 4.68. The van der Waals surface area contributed by atoms with Crippen LogP contribution in [0.3, 0.4) is 0 Å². The van der Waals surface area contributed by atoms with Gasteiger partial charge in [-0.25, -0.2) is 0 Å². The molecule has 138 valence electrons. The van der Waals surface area contributed by atoms with Crippen molar-refractivity contribution in [1.29, 1.82) is 0 Å². The van der Waals surface area contributed by atoms with E-state index in [1.54, 1.807) is 19.2 Å². The summed E-state index contributed by atoms with van der Waals surface area (Å²) in [5.74, 6) is 0.605. The van der Waals surface area contributed by atoms with Crippen molar-refractivity contribution in [2.75, 3.05) is 7.11 Å². The van der Waals surface area contributed by atoms with Crippen LogP contribution in [0.4, 0.5) is 0 Å². The van der Waals surface area contributed by atoms with Gasteiger partial charge in [0.2, 0.25) is 0 Å². The third kappa shape index (κ3) is 6.67. The molecule has 0 spiro atoms. The van der Waals surface area contributed by atoms with Gasteiger partial charge in [0.1, 0.15) is 17.6 Å². The minimum Gasteiger partial charge on any atom is -0.497 e. The van der Waals surface area contributed by atoms with E-state index in [0.717, 1.165) is 14.9 Å². The zero-order chi connectivity index (χ0) is 18.9. The van der Waals surface area contributed by atoms with Gasteiger partial charge in [-0.3, -0.25) is 9.59 Å². The topological polar surface area (TPSA) is 61.8 Å². The van der Waals surface area contributed by atoms with Gasteiger partial charge in [0, 0.05) is 16.9 Å². The van der Waals surface area contributed by atoms with Gasteiger partial charge < -0.3 is 14.2 Å². The van der Waals surface area contributed by atoms with Crippen molar-refractivity contribution >= 4 is 34.5 Å². The first kappa shape index (κ1) is 20.2. The maximum Gasteiger partial charge on any atom is 0.311 e. The van der Waals surface area contributed by atoms with Gasteiger partial charge in [-0.2, -0.15) is 0 Å². The molecule has 0 aliphatic rings. The molecule has 2 aromatic rings. The van der Waals surface area contributed by atoms with Gasteiger partial charge in [-0.05, 0) is 77.4 Å². The van der Waals surface area contributed by atoms with Gasteiger partial charge in [-0.1, -0.05) is 12.1 Å². The lowest BCUT2D eigenvalue weighted by Crippen LogP contribution is -2.11. The number of halogens is 1. The number of rotatable bonds is 8. The zero-order valence-electron chi connectivity index (χ0n) is 14.7. The van der Waals surface area contributed by atoms with Crippen molar-refractivity contribution in [3.8, 4) is 11.5 Å². The quantitative estimate of drug-likeness (QED) is 0.320. The Hall–Kier alpha value is -2.09. The fourth-order valence-corrected chi connectivity index (χ4v) is 2.79. The highest BCUT2D eigenvalue weighted by molar-refractivity contribution is 14.1. The highest BCUT2D eigenvalue weighted by Gasteiger charge is 2.16. The van der Waals surface area contributed by atoms with E-state index >= 15 is 0 Å². The van der Waals surface area contributed by atoms with E-state index in [1.807, 2.05) is 36.4 Å². The lowest BCUT2D eigenvalue weighted by Gasteiger charge is -2.17. The van der Waals surface area contributed by atoms with Crippen molar-refractivity contribution in [1.82, 2.24) is 0 Å². The normalized spacial score (nSPS) is 11.5. The second-order valence-electron chi connectivity index (χ2n) is 5.69. The Labute approximate surface area is 166 Å². The molecule has 0 saturated carbocycles. The molecule has 6 heteroatoms. The Kier molecular flexibility index (Phi) is 7.90. The molecule has 2 aromatic carbocycles. The number of ether oxygens (including phenoxy) is 3. The second kappa shape index (κ2) is 10.2. The molecule has 0 fully saturated rings. The number of benzene rings is 2. The largest absolute Gasteiger partial charge is 0.497 e. The van der Waals surface area contributed by atoms with E-state index in [-0.39, 0.29) is 18.4 Å². The molecule has 1 unspecified atom stereocenters. The average molecular weight is 468 g/mol. The first-order valence-electron chi connectivity index (χ1n) is 8.25. The minimum atomic E-state index is -0.399. The first-order valence-corrected chi connectivity index (χ1v) is 9.33. The smallest absolute Gasteiger partial charge is 0.311 e. The Balaban J connectivity index is 1.88. The van der Waals surface area contributed by atoms with Crippen molar-refractivity contribution in [2.45, 2.75) is 32.3 Å². The average Bonchev–Trinajstić information content (AvgIpc) is 2.62. The molecule has 0 heterocycles. The van der Waals surface area contributed by atoms with Crippen LogP contribution in [-0.2, 0) is 14.3 Å². The molecule has 0 saturated heterocycles. The molecular weight excluding hydrogens is 447 g/mol. The van der Waals surface area contributed by atoms with Crippen LogP contribution >= 0.6 is 22.6 Å². The number of carbonyl (C=O) groups excluding carboxylic acids is 2. The predicted molar refractivity (Wildman–Crippen MR) is 106 cm³/mol. The second-order valence-corrected chi connectivity index (χ2v) is 6.94. The van der Waals surface area contributed by atoms with Crippen LogP contribution in [0.25, 0.3) is 0 Å². The Morgan fingerprint density at radius 3 is 2.19 bits per heavy atom. The molecule has 0 amide bonds. The molecule has 0 bridgehead atoms. The van der Waals surface area contributed by atoms with Crippen molar-refractivity contribution in [3.05, 3.63) is 57.7 Å². The van der Waals surface area contributed by atoms with Crippen molar-refractivity contribution in [3.63, 3.8) is 0 Å². The number of carbonyl (C=O) groups is 2. The summed E-state index contributed by atoms with van der Waals surface area (Å²) in [5, 5.41) is 0. The summed E-state index contributed by atoms with van der Waals surface area (Å²) in [4.78, 5) is 23.3. The number of esters is 2. The molecule has 0 N–H and O–H groups in total.